The summed E-state index contributed by atoms with van der Waals surface area (Å²) in [6.07, 6.45) is 3.85. The Morgan fingerprint density at radius 2 is 2.17 bits per heavy atom. The lowest BCUT2D eigenvalue weighted by molar-refractivity contribution is 0.0868. The van der Waals surface area contributed by atoms with Gasteiger partial charge in [0.2, 0.25) is 0 Å². The van der Waals surface area contributed by atoms with Gasteiger partial charge in [0.15, 0.2) is 0 Å². The second-order valence-corrected chi connectivity index (χ2v) is 5.94. The number of carbonyl (C=O) groups is 1. The number of hydrogen-bond acceptors (Lipinski definition) is 5. The van der Waals surface area contributed by atoms with Crippen LogP contribution in [0.4, 0.5) is 16.3 Å². The molecule has 2 saturated heterocycles. The molecule has 0 unspecified atom stereocenters. The van der Waals surface area contributed by atoms with Crippen LogP contribution in [0, 0.1) is 0 Å². The molecule has 0 aromatic carbocycles. The molecule has 1 aromatic heterocycles. The summed E-state index contributed by atoms with van der Waals surface area (Å²) in [7, 11) is 0. The Bertz CT molecular complexity index is 511. The molecule has 0 aliphatic carbocycles. The number of rotatable bonds is 4. The first-order chi connectivity index (χ1) is 11.2. The zero-order valence-corrected chi connectivity index (χ0v) is 13.5. The minimum atomic E-state index is -0.228. The average Bonchev–Trinajstić information content (AvgIpc) is 3.11. The van der Waals surface area contributed by atoms with Gasteiger partial charge in [-0.2, -0.15) is 0 Å². The van der Waals surface area contributed by atoms with E-state index in [0.717, 1.165) is 51.6 Å². The Balaban J connectivity index is 1.50. The second-order valence-electron chi connectivity index (χ2n) is 5.94. The van der Waals surface area contributed by atoms with Crippen molar-refractivity contribution in [3.05, 3.63) is 18.3 Å². The van der Waals surface area contributed by atoms with Gasteiger partial charge < -0.3 is 25.0 Å². The van der Waals surface area contributed by atoms with Crippen LogP contribution in [0.15, 0.2) is 18.3 Å². The van der Waals surface area contributed by atoms with Crippen LogP contribution in [-0.2, 0) is 9.47 Å². The highest BCUT2D eigenvalue weighted by atomic mass is 16.5. The Morgan fingerprint density at radius 3 is 2.83 bits per heavy atom. The maximum Gasteiger partial charge on any atom is 0.319 e. The van der Waals surface area contributed by atoms with E-state index in [4.69, 9.17) is 9.47 Å². The van der Waals surface area contributed by atoms with Gasteiger partial charge in [-0.05, 0) is 31.9 Å². The summed E-state index contributed by atoms with van der Waals surface area (Å²) in [4.78, 5) is 18.6. The molecular formula is C16H24N4O3. The number of urea groups is 1. The highest BCUT2D eigenvalue weighted by molar-refractivity contribution is 5.89. The Kier molecular flexibility index (Phi) is 5.30. The lowest BCUT2D eigenvalue weighted by Crippen LogP contribution is -2.43. The van der Waals surface area contributed by atoms with Crippen molar-refractivity contribution in [3.63, 3.8) is 0 Å². The third kappa shape index (κ3) is 4.33. The molecule has 126 valence electrons. The zero-order valence-electron chi connectivity index (χ0n) is 13.5. The van der Waals surface area contributed by atoms with Crippen molar-refractivity contribution >= 4 is 17.5 Å². The van der Waals surface area contributed by atoms with Gasteiger partial charge >= 0.3 is 6.03 Å². The molecule has 2 aliphatic heterocycles. The molecule has 3 heterocycles. The molecule has 0 radical (unpaired) electrons. The van der Waals surface area contributed by atoms with Crippen LogP contribution in [0.5, 0.6) is 0 Å². The van der Waals surface area contributed by atoms with E-state index in [1.165, 1.54) is 0 Å². The van der Waals surface area contributed by atoms with Crippen molar-refractivity contribution in [1.29, 1.82) is 0 Å². The van der Waals surface area contributed by atoms with Gasteiger partial charge in [0.25, 0.3) is 0 Å². The fraction of sp³-hybridized carbons (Fsp3) is 0.625. The van der Waals surface area contributed by atoms with E-state index in [0.29, 0.717) is 5.69 Å². The fourth-order valence-electron chi connectivity index (χ4n) is 2.90. The number of nitrogens with zero attached hydrogens (tertiary/aromatic N) is 2. The van der Waals surface area contributed by atoms with E-state index in [1.807, 2.05) is 19.1 Å². The Hall–Kier alpha value is -1.86. The highest BCUT2D eigenvalue weighted by Crippen LogP contribution is 2.17. The fourth-order valence-corrected chi connectivity index (χ4v) is 2.90. The molecule has 7 heteroatoms. The minimum Gasteiger partial charge on any atom is -0.378 e. The first kappa shape index (κ1) is 16.0. The number of amides is 2. The summed E-state index contributed by atoms with van der Waals surface area (Å²) in [6, 6.07) is 3.56. The van der Waals surface area contributed by atoms with Crippen molar-refractivity contribution in [2.24, 2.45) is 0 Å². The Morgan fingerprint density at radius 1 is 1.35 bits per heavy atom. The van der Waals surface area contributed by atoms with Crippen LogP contribution < -0.4 is 15.5 Å². The van der Waals surface area contributed by atoms with E-state index in [2.05, 4.69) is 20.5 Å². The largest absolute Gasteiger partial charge is 0.378 e. The van der Waals surface area contributed by atoms with Crippen molar-refractivity contribution in [1.82, 2.24) is 10.3 Å². The number of carbonyl (C=O) groups excluding carboxylic acids is 1. The first-order valence-electron chi connectivity index (χ1n) is 8.20. The predicted octanol–water partition coefficient (Wildman–Crippen LogP) is 1.61. The van der Waals surface area contributed by atoms with Gasteiger partial charge in [-0.1, -0.05) is 0 Å². The lowest BCUT2D eigenvalue weighted by atomic mass is 10.1. The molecule has 2 aliphatic rings. The minimum absolute atomic E-state index is 0.00178. The number of ether oxygens (including phenoxy) is 2. The van der Waals surface area contributed by atoms with E-state index in [1.54, 1.807) is 6.20 Å². The van der Waals surface area contributed by atoms with Crippen LogP contribution in [0.3, 0.4) is 0 Å². The van der Waals surface area contributed by atoms with Crippen LogP contribution >= 0.6 is 0 Å². The summed E-state index contributed by atoms with van der Waals surface area (Å²) in [6.45, 7) is 5.90. The van der Waals surface area contributed by atoms with Gasteiger partial charge in [-0.3, -0.25) is 0 Å². The number of hydrogen-bond donors (Lipinski definition) is 2. The lowest BCUT2D eigenvalue weighted by Gasteiger charge is -2.27. The molecule has 2 fully saturated rings. The maximum atomic E-state index is 12.0. The van der Waals surface area contributed by atoms with Crippen molar-refractivity contribution < 1.29 is 14.3 Å². The molecule has 1 aromatic rings. The summed E-state index contributed by atoms with van der Waals surface area (Å²) in [5, 5.41) is 5.73. The summed E-state index contributed by atoms with van der Waals surface area (Å²) in [5.41, 5.74) is 0.680. The van der Waals surface area contributed by atoms with Gasteiger partial charge in [0.05, 0.1) is 37.2 Å². The van der Waals surface area contributed by atoms with Crippen LogP contribution in [0.1, 0.15) is 19.8 Å². The molecule has 23 heavy (non-hydrogen) atoms. The third-order valence-corrected chi connectivity index (χ3v) is 4.22. The van der Waals surface area contributed by atoms with Crippen molar-refractivity contribution in [2.75, 3.05) is 43.1 Å². The number of morpholine rings is 1. The van der Waals surface area contributed by atoms with Crippen LogP contribution in [0.25, 0.3) is 0 Å². The predicted molar refractivity (Wildman–Crippen MR) is 87.9 cm³/mol. The molecule has 0 bridgehead atoms. The molecule has 3 rings (SSSR count). The smallest absolute Gasteiger partial charge is 0.319 e. The molecule has 2 atom stereocenters. The third-order valence-electron chi connectivity index (χ3n) is 4.22. The SMILES string of the molecule is C[C@H](NC(=O)Nc1ccc(N2CCOCC2)nc1)[C@H]1CCCO1. The first-order valence-corrected chi connectivity index (χ1v) is 8.20. The van der Waals surface area contributed by atoms with E-state index < -0.39 is 0 Å². The summed E-state index contributed by atoms with van der Waals surface area (Å²) in [5.74, 6) is 0.909. The van der Waals surface area contributed by atoms with Crippen molar-refractivity contribution in [3.8, 4) is 0 Å². The zero-order chi connectivity index (χ0) is 16.1. The molecule has 0 saturated carbocycles. The number of aromatic nitrogens is 1. The van der Waals surface area contributed by atoms with Crippen LogP contribution in [0.2, 0.25) is 0 Å². The van der Waals surface area contributed by atoms with E-state index >= 15 is 0 Å². The highest BCUT2D eigenvalue weighted by Gasteiger charge is 2.23. The van der Waals surface area contributed by atoms with Gasteiger partial charge in [0.1, 0.15) is 5.82 Å². The summed E-state index contributed by atoms with van der Waals surface area (Å²) < 4.78 is 10.9. The van der Waals surface area contributed by atoms with Gasteiger partial charge in [0, 0.05) is 19.7 Å². The summed E-state index contributed by atoms with van der Waals surface area (Å²) >= 11 is 0. The van der Waals surface area contributed by atoms with Gasteiger partial charge in [-0.25, -0.2) is 9.78 Å². The Labute approximate surface area is 136 Å². The average molecular weight is 320 g/mol. The quantitative estimate of drug-likeness (QED) is 0.881. The standard InChI is InChI=1S/C16H24N4O3/c1-12(14-3-2-8-23-14)18-16(21)19-13-4-5-15(17-11-13)20-6-9-22-10-7-20/h4-5,11-12,14H,2-3,6-10H2,1H3,(H2,18,19,21)/t12-,14+/m0/s1. The topological polar surface area (TPSA) is 75.7 Å². The van der Waals surface area contributed by atoms with Crippen LogP contribution in [-0.4, -0.2) is 56.1 Å². The van der Waals surface area contributed by atoms with E-state index in [9.17, 15) is 4.79 Å². The molecule has 2 N–H and O–H groups in total. The molecular weight excluding hydrogens is 296 g/mol. The molecule has 2 amide bonds. The molecule has 7 nitrogen and oxygen atoms in total. The number of pyridine rings is 1. The second kappa shape index (κ2) is 7.61. The van der Waals surface area contributed by atoms with Crippen molar-refractivity contribution in [2.45, 2.75) is 31.9 Å². The number of nitrogens with one attached hydrogen (secondary N) is 2. The number of anilines is 2. The molecule has 0 spiro atoms. The normalized spacial score (nSPS) is 22.7. The van der Waals surface area contributed by atoms with Gasteiger partial charge in [-0.15, -0.1) is 0 Å². The monoisotopic (exact) mass is 320 g/mol. The van der Waals surface area contributed by atoms with E-state index in [-0.39, 0.29) is 18.2 Å². The maximum absolute atomic E-state index is 12.0.